The topological polar surface area (TPSA) is 32.7 Å². The highest BCUT2D eigenvalue weighted by Gasteiger charge is 2.18. The van der Waals surface area contributed by atoms with Gasteiger partial charge in [-0.15, -0.1) is 12.4 Å². The van der Waals surface area contributed by atoms with Crippen LogP contribution in [0.2, 0.25) is 10.0 Å². The summed E-state index contributed by atoms with van der Waals surface area (Å²) in [7, 11) is 0. The minimum atomic E-state index is -0.537. The second-order valence-corrected chi connectivity index (χ2v) is 7.64. The Balaban J connectivity index is 0.00000392. The van der Waals surface area contributed by atoms with Gasteiger partial charge in [-0.1, -0.05) is 61.3 Å². The van der Waals surface area contributed by atoms with E-state index in [9.17, 15) is 5.11 Å². The molecule has 2 rings (SSSR count). The van der Waals surface area contributed by atoms with Crippen LogP contribution in [0.25, 0.3) is 0 Å². The van der Waals surface area contributed by atoms with Crippen molar-refractivity contribution in [3.05, 3.63) is 69.7 Å². The first-order valence-electron chi connectivity index (χ1n) is 9.56. The molecule has 0 saturated heterocycles. The highest BCUT2D eigenvalue weighted by molar-refractivity contribution is 6.30. The minimum Gasteiger partial charge on any atom is -0.389 e. The number of hydrogen-bond donors (Lipinski definition) is 1. The normalized spacial score (nSPS) is 12.2. The maximum atomic E-state index is 10.5. The van der Waals surface area contributed by atoms with Gasteiger partial charge in [0.05, 0.1) is 12.7 Å². The summed E-state index contributed by atoms with van der Waals surface area (Å²) >= 11 is 12.0. The van der Waals surface area contributed by atoms with Gasteiger partial charge in [0.25, 0.3) is 0 Å². The van der Waals surface area contributed by atoms with Crippen molar-refractivity contribution in [2.75, 3.05) is 26.2 Å². The molecule has 1 atom stereocenters. The Morgan fingerprint density at radius 2 is 1.29 bits per heavy atom. The molecule has 0 bridgehead atoms. The van der Waals surface area contributed by atoms with E-state index in [1.165, 1.54) is 0 Å². The van der Waals surface area contributed by atoms with Gasteiger partial charge in [0.2, 0.25) is 0 Å². The van der Waals surface area contributed by atoms with Crippen LogP contribution in [-0.2, 0) is 4.74 Å². The predicted molar refractivity (Wildman–Crippen MR) is 121 cm³/mol. The SMILES string of the molecule is CCCN(CCC)CC(O)COC(c1ccc(Cl)cc1)c1ccc(Cl)cc1.Cl. The van der Waals surface area contributed by atoms with Crippen LogP contribution in [0.4, 0.5) is 0 Å². The third-order valence-electron chi connectivity index (χ3n) is 4.35. The first kappa shape index (κ1) is 25.2. The number of rotatable bonds is 11. The molecule has 2 aromatic carbocycles. The first-order chi connectivity index (χ1) is 13.0. The number of nitrogens with zero attached hydrogens (tertiary/aromatic N) is 1. The molecule has 0 aliphatic rings. The van der Waals surface area contributed by atoms with Crippen molar-refractivity contribution in [2.24, 2.45) is 0 Å². The predicted octanol–water partition coefficient (Wildman–Crippen LogP) is 6.00. The number of aliphatic hydroxyl groups is 1. The van der Waals surface area contributed by atoms with E-state index in [2.05, 4.69) is 18.7 Å². The summed E-state index contributed by atoms with van der Waals surface area (Å²) in [6, 6.07) is 15.2. The zero-order chi connectivity index (χ0) is 19.6. The van der Waals surface area contributed by atoms with Crippen molar-refractivity contribution >= 4 is 35.6 Å². The van der Waals surface area contributed by atoms with E-state index in [4.69, 9.17) is 27.9 Å². The monoisotopic (exact) mass is 445 g/mol. The van der Waals surface area contributed by atoms with Crippen molar-refractivity contribution < 1.29 is 9.84 Å². The van der Waals surface area contributed by atoms with Gasteiger partial charge in [0.1, 0.15) is 6.10 Å². The lowest BCUT2D eigenvalue weighted by molar-refractivity contribution is -0.00837. The quantitative estimate of drug-likeness (QED) is 0.459. The van der Waals surface area contributed by atoms with E-state index < -0.39 is 6.10 Å². The lowest BCUT2D eigenvalue weighted by Crippen LogP contribution is -2.36. The summed E-state index contributed by atoms with van der Waals surface area (Å²) in [5.74, 6) is 0. The highest BCUT2D eigenvalue weighted by Crippen LogP contribution is 2.28. The lowest BCUT2D eigenvalue weighted by Gasteiger charge is -2.26. The zero-order valence-electron chi connectivity index (χ0n) is 16.5. The fourth-order valence-corrected chi connectivity index (χ4v) is 3.40. The van der Waals surface area contributed by atoms with Crippen LogP contribution in [0.1, 0.15) is 43.9 Å². The molecule has 1 unspecified atom stereocenters. The molecule has 0 aliphatic carbocycles. The molecule has 156 valence electrons. The van der Waals surface area contributed by atoms with Crippen molar-refractivity contribution in [1.82, 2.24) is 4.90 Å². The van der Waals surface area contributed by atoms with Crippen LogP contribution in [0.5, 0.6) is 0 Å². The number of hydrogen-bond acceptors (Lipinski definition) is 3. The number of benzene rings is 2. The Bertz CT molecular complexity index is 613. The summed E-state index contributed by atoms with van der Waals surface area (Å²) in [5, 5.41) is 11.9. The third-order valence-corrected chi connectivity index (χ3v) is 4.85. The van der Waals surface area contributed by atoms with Gasteiger partial charge in [-0.05, 0) is 61.3 Å². The first-order valence-corrected chi connectivity index (χ1v) is 10.3. The lowest BCUT2D eigenvalue weighted by atomic mass is 10.0. The van der Waals surface area contributed by atoms with Crippen molar-refractivity contribution in [3.63, 3.8) is 0 Å². The van der Waals surface area contributed by atoms with Gasteiger partial charge in [-0.25, -0.2) is 0 Å². The smallest absolute Gasteiger partial charge is 0.108 e. The Morgan fingerprint density at radius 1 is 0.857 bits per heavy atom. The Labute approximate surface area is 185 Å². The van der Waals surface area contributed by atoms with E-state index in [1.807, 2.05) is 48.5 Å². The Morgan fingerprint density at radius 3 is 1.68 bits per heavy atom. The average molecular weight is 447 g/mol. The average Bonchev–Trinajstić information content (AvgIpc) is 2.65. The second-order valence-electron chi connectivity index (χ2n) is 6.77. The van der Waals surface area contributed by atoms with E-state index in [0.29, 0.717) is 16.6 Å². The van der Waals surface area contributed by atoms with Gasteiger partial charge in [0.15, 0.2) is 0 Å². The summed E-state index contributed by atoms with van der Waals surface area (Å²) in [5.41, 5.74) is 1.99. The Kier molecular flexibility index (Phi) is 12.1. The highest BCUT2D eigenvalue weighted by atomic mass is 35.5. The largest absolute Gasteiger partial charge is 0.389 e. The fraction of sp³-hybridized carbons (Fsp3) is 0.455. The molecule has 0 aromatic heterocycles. The van der Waals surface area contributed by atoms with E-state index in [-0.39, 0.29) is 25.1 Å². The molecule has 28 heavy (non-hydrogen) atoms. The van der Waals surface area contributed by atoms with Gasteiger partial charge in [0, 0.05) is 16.6 Å². The molecule has 6 heteroatoms. The fourth-order valence-electron chi connectivity index (χ4n) is 3.14. The van der Waals surface area contributed by atoms with Crippen molar-refractivity contribution in [1.29, 1.82) is 0 Å². The molecular formula is C22H30Cl3NO2. The third kappa shape index (κ3) is 8.28. The minimum absolute atomic E-state index is 0. The number of halogens is 3. The molecule has 2 aromatic rings. The molecular weight excluding hydrogens is 417 g/mol. The molecule has 0 saturated carbocycles. The van der Waals surface area contributed by atoms with Gasteiger partial charge in [-0.3, -0.25) is 0 Å². The Hall–Kier alpha value is -0.810. The molecule has 0 spiro atoms. The summed E-state index contributed by atoms with van der Waals surface area (Å²) in [6.07, 6.45) is 1.34. The zero-order valence-corrected chi connectivity index (χ0v) is 18.8. The molecule has 0 radical (unpaired) electrons. The van der Waals surface area contributed by atoms with Crippen molar-refractivity contribution in [3.8, 4) is 0 Å². The molecule has 0 fully saturated rings. The van der Waals surface area contributed by atoms with Crippen LogP contribution in [-0.4, -0.2) is 42.4 Å². The molecule has 3 nitrogen and oxygen atoms in total. The van der Waals surface area contributed by atoms with Gasteiger partial charge < -0.3 is 14.7 Å². The second kappa shape index (κ2) is 13.4. The summed E-state index contributed by atoms with van der Waals surface area (Å²) in [4.78, 5) is 2.29. The van der Waals surface area contributed by atoms with Crippen LogP contribution in [0.3, 0.4) is 0 Å². The molecule has 1 N–H and O–H groups in total. The summed E-state index contributed by atoms with van der Waals surface area (Å²) < 4.78 is 6.15. The van der Waals surface area contributed by atoms with Crippen molar-refractivity contribution in [2.45, 2.75) is 38.9 Å². The van der Waals surface area contributed by atoms with Crippen LogP contribution in [0.15, 0.2) is 48.5 Å². The summed E-state index contributed by atoms with van der Waals surface area (Å²) in [6.45, 7) is 7.17. The van der Waals surface area contributed by atoms with Gasteiger partial charge >= 0.3 is 0 Å². The molecule has 0 aliphatic heterocycles. The molecule has 0 amide bonds. The van der Waals surface area contributed by atoms with Crippen LogP contribution >= 0.6 is 35.6 Å². The van der Waals surface area contributed by atoms with Crippen LogP contribution in [0, 0.1) is 0 Å². The van der Waals surface area contributed by atoms with E-state index in [0.717, 1.165) is 37.1 Å². The maximum absolute atomic E-state index is 10.5. The van der Waals surface area contributed by atoms with E-state index in [1.54, 1.807) is 0 Å². The molecule has 0 heterocycles. The van der Waals surface area contributed by atoms with Gasteiger partial charge in [-0.2, -0.15) is 0 Å². The number of ether oxygens (including phenoxy) is 1. The maximum Gasteiger partial charge on any atom is 0.108 e. The van der Waals surface area contributed by atoms with E-state index >= 15 is 0 Å². The van der Waals surface area contributed by atoms with Crippen LogP contribution < -0.4 is 0 Å². The number of aliphatic hydroxyl groups excluding tert-OH is 1. The standard InChI is InChI=1S/C22H29Cl2NO2.ClH/c1-3-13-25(14-4-2)15-21(26)16-27-22(17-5-9-19(23)10-6-17)18-7-11-20(24)12-8-18;/h5-12,21-22,26H,3-4,13-16H2,1-2H3;1H.